The van der Waals surface area contributed by atoms with Crippen LogP contribution in [0.4, 0.5) is 4.39 Å². The van der Waals surface area contributed by atoms with Crippen molar-refractivity contribution in [2.45, 2.75) is 24.9 Å². The third-order valence-electron chi connectivity index (χ3n) is 4.96. The molecule has 0 amide bonds. The number of fused-ring (bicyclic) bond motifs is 1. The largest absolute Gasteiger partial charge is 0.508 e. The first kappa shape index (κ1) is 13.8. The van der Waals surface area contributed by atoms with E-state index >= 15 is 0 Å². The summed E-state index contributed by atoms with van der Waals surface area (Å²) in [6, 6.07) is 3.98. The van der Waals surface area contributed by atoms with Gasteiger partial charge in [-0.1, -0.05) is 0 Å². The molecule has 2 N–H and O–H groups in total. The lowest BCUT2D eigenvalue weighted by Crippen LogP contribution is -2.45. The number of hydrogen-bond acceptors (Lipinski definition) is 3. The summed E-state index contributed by atoms with van der Waals surface area (Å²) in [5.74, 6) is 0.262. The Morgan fingerprint density at radius 2 is 2.10 bits per heavy atom. The summed E-state index contributed by atoms with van der Waals surface area (Å²) in [6.07, 6.45) is 2.99. The van der Waals surface area contributed by atoms with Crippen molar-refractivity contribution in [3.05, 3.63) is 29.6 Å². The van der Waals surface area contributed by atoms with Gasteiger partial charge in [0, 0.05) is 18.0 Å². The van der Waals surface area contributed by atoms with Crippen LogP contribution >= 0.6 is 0 Å². The van der Waals surface area contributed by atoms with Crippen molar-refractivity contribution < 1.29 is 14.6 Å². The van der Waals surface area contributed by atoms with Gasteiger partial charge in [0.05, 0.1) is 5.60 Å². The lowest BCUT2D eigenvalue weighted by molar-refractivity contribution is -0.0775. The van der Waals surface area contributed by atoms with Crippen molar-refractivity contribution in [1.29, 1.82) is 0 Å². The Balaban J connectivity index is 2.02. The average Bonchev–Trinajstić information content (AvgIpc) is 3.16. The molecule has 20 heavy (non-hydrogen) atoms. The molecule has 3 nitrogen and oxygen atoms in total. The highest BCUT2D eigenvalue weighted by molar-refractivity contribution is 5.36. The van der Waals surface area contributed by atoms with Gasteiger partial charge < -0.3 is 15.1 Å². The first-order valence-electron chi connectivity index (χ1n) is 7.29. The van der Waals surface area contributed by atoms with E-state index in [0.29, 0.717) is 5.92 Å². The summed E-state index contributed by atoms with van der Waals surface area (Å²) < 4.78 is 14.2. The highest BCUT2D eigenvalue weighted by atomic mass is 19.1. The molecule has 2 fully saturated rings. The normalized spacial score (nSPS) is 36.0. The molecule has 2 saturated carbocycles. The quantitative estimate of drug-likeness (QED) is 0.892. The molecule has 2 aliphatic carbocycles. The van der Waals surface area contributed by atoms with E-state index in [4.69, 9.17) is 0 Å². The molecule has 110 valence electrons. The second kappa shape index (κ2) is 4.71. The Bertz CT molecular complexity index is 519. The maximum absolute atomic E-state index is 14.2. The summed E-state index contributed by atoms with van der Waals surface area (Å²) in [6.45, 7) is 0.731. The first-order chi connectivity index (χ1) is 9.42. The van der Waals surface area contributed by atoms with E-state index in [1.165, 1.54) is 18.2 Å². The van der Waals surface area contributed by atoms with E-state index in [0.717, 1.165) is 25.8 Å². The predicted molar refractivity (Wildman–Crippen MR) is 74.8 cm³/mol. The van der Waals surface area contributed by atoms with Crippen molar-refractivity contribution in [2.75, 3.05) is 20.6 Å². The van der Waals surface area contributed by atoms with Crippen molar-refractivity contribution in [2.24, 2.45) is 17.8 Å². The molecule has 0 radical (unpaired) electrons. The number of aromatic hydroxyl groups is 1. The molecule has 0 aliphatic heterocycles. The van der Waals surface area contributed by atoms with Crippen LogP contribution in [-0.4, -0.2) is 35.8 Å². The fraction of sp³-hybridized carbons (Fsp3) is 0.625. The lowest BCUT2D eigenvalue weighted by Gasteiger charge is -2.42. The zero-order chi connectivity index (χ0) is 14.5. The fourth-order valence-electron chi connectivity index (χ4n) is 3.95. The van der Waals surface area contributed by atoms with E-state index in [1.54, 1.807) is 0 Å². The van der Waals surface area contributed by atoms with Gasteiger partial charge in [0.15, 0.2) is 0 Å². The topological polar surface area (TPSA) is 43.7 Å². The van der Waals surface area contributed by atoms with Crippen LogP contribution < -0.4 is 0 Å². The fourth-order valence-corrected chi connectivity index (χ4v) is 3.95. The second-order valence-electron chi connectivity index (χ2n) is 6.63. The summed E-state index contributed by atoms with van der Waals surface area (Å²) in [7, 11) is 3.94. The molecule has 0 heterocycles. The molecule has 0 bridgehead atoms. The molecule has 1 aromatic carbocycles. The highest BCUT2D eigenvalue weighted by Crippen LogP contribution is 2.61. The van der Waals surface area contributed by atoms with Crippen molar-refractivity contribution in [3.63, 3.8) is 0 Å². The maximum Gasteiger partial charge on any atom is 0.129 e. The van der Waals surface area contributed by atoms with Crippen LogP contribution in [0.2, 0.25) is 0 Å². The number of aliphatic hydroxyl groups is 1. The minimum absolute atomic E-state index is 0.0116. The standard InChI is InChI=1S/C16H22FNO2/c1-18(2)9-11-4-3-10-7-13(10)16(11,20)14-8-12(19)5-6-15(14)17/h5-6,8,10-11,13,19-20H,3-4,7,9H2,1-2H3/t10-,11-,13?,16+/m1/s1. The molecule has 1 aromatic rings. The summed E-state index contributed by atoms with van der Waals surface area (Å²) in [5, 5.41) is 21.0. The predicted octanol–water partition coefficient (Wildman–Crippen LogP) is 2.33. The van der Waals surface area contributed by atoms with Gasteiger partial charge in [-0.25, -0.2) is 4.39 Å². The summed E-state index contributed by atoms with van der Waals surface area (Å²) in [5.41, 5.74) is -0.868. The molecule has 0 aromatic heterocycles. The van der Waals surface area contributed by atoms with Crippen molar-refractivity contribution in [1.82, 2.24) is 4.90 Å². The van der Waals surface area contributed by atoms with Crippen molar-refractivity contribution >= 4 is 0 Å². The van der Waals surface area contributed by atoms with Gasteiger partial charge in [0.2, 0.25) is 0 Å². The van der Waals surface area contributed by atoms with Gasteiger partial charge in [-0.05, 0) is 63.4 Å². The van der Waals surface area contributed by atoms with Crippen LogP contribution in [0.25, 0.3) is 0 Å². The molecule has 0 saturated heterocycles. The third-order valence-corrected chi connectivity index (χ3v) is 4.96. The molecule has 1 unspecified atom stereocenters. The lowest BCUT2D eigenvalue weighted by atomic mass is 9.70. The van der Waals surface area contributed by atoms with Crippen LogP contribution in [0.15, 0.2) is 18.2 Å². The molecular weight excluding hydrogens is 257 g/mol. The van der Waals surface area contributed by atoms with Crippen LogP contribution in [0.1, 0.15) is 24.8 Å². The molecule has 4 atom stereocenters. The first-order valence-corrected chi connectivity index (χ1v) is 7.29. The van der Waals surface area contributed by atoms with Crippen LogP contribution in [0, 0.1) is 23.6 Å². The van der Waals surface area contributed by atoms with Gasteiger partial charge in [0.25, 0.3) is 0 Å². The average molecular weight is 279 g/mol. The van der Waals surface area contributed by atoms with E-state index in [1.807, 2.05) is 19.0 Å². The Morgan fingerprint density at radius 1 is 1.35 bits per heavy atom. The molecular formula is C16H22FNO2. The van der Waals surface area contributed by atoms with Crippen LogP contribution in [0.3, 0.4) is 0 Å². The second-order valence-corrected chi connectivity index (χ2v) is 6.63. The minimum atomic E-state index is -1.14. The monoisotopic (exact) mass is 279 g/mol. The molecule has 0 spiro atoms. The van der Waals surface area contributed by atoms with E-state index in [9.17, 15) is 14.6 Å². The van der Waals surface area contributed by atoms with Gasteiger partial charge in [0.1, 0.15) is 11.6 Å². The number of nitrogens with zero attached hydrogens (tertiary/aromatic N) is 1. The maximum atomic E-state index is 14.2. The number of hydrogen-bond donors (Lipinski definition) is 2. The Labute approximate surface area is 119 Å². The number of benzene rings is 1. The van der Waals surface area contributed by atoms with Crippen molar-refractivity contribution in [3.8, 4) is 5.75 Å². The summed E-state index contributed by atoms with van der Waals surface area (Å²) >= 11 is 0. The molecule has 2 aliphatic rings. The zero-order valence-electron chi connectivity index (χ0n) is 12.0. The van der Waals surface area contributed by atoms with Gasteiger partial charge in [-0.3, -0.25) is 0 Å². The van der Waals surface area contributed by atoms with Crippen LogP contribution in [-0.2, 0) is 5.60 Å². The Kier molecular flexibility index (Phi) is 3.26. The highest BCUT2D eigenvalue weighted by Gasteiger charge is 2.60. The third kappa shape index (κ3) is 2.11. The Morgan fingerprint density at radius 3 is 2.80 bits per heavy atom. The summed E-state index contributed by atoms with van der Waals surface area (Å²) in [4.78, 5) is 2.04. The van der Waals surface area contributed by atoms with Gasteiger partial charge in [-0.2, -0.15) is 0 Å². The zero-order valence-corrected chi connectivity index (χ0v) is 12.0. The Hall–Kier alpha value is -1.13. The molecule has 3 rings (SSSR count). The number of phenols is 1. The van der Waals surface area contributed by atoms with E-state index in [-0.39, 0.29) is 23.1 Å². The van der Waals surface area contributed by atoms with Gasteiger partial charge in [-0.15, -0.1) is 0 Å². The van der Waals surface area contributed by atoms with Crippen LogP contribution in [0.5, 0.6) is 5.75 Å². The number of halogens is 1. The SMILES string of the molecule is CN(C)C[C@H]1CC[C@@H]2CC2[C@]1(O)c1cc(O)ccc1F. The smallest absolute Gasteiger partial charge is 0.129 e. The van der Waals surface area contributed by atoms with E-state index in [2.05, 4.69) is 0 Å². The number of rotatable bonds is 3. The van der Waals surface area contributed by atoms with E-state index < -0.39 is 11.4 Å². The van der Waals surface area contributed by atoms with Gasteiger partial charge >= 0.3 is 0 Å². The molecule has 4 heteroatoms. The number of phenolic OH excluding ortho intramolecular Hbond substituents is 1. The minimum Gasteiger partial charge on any atom is -0.508 e.